The first kappa shape index (κ1) is 12.1. The average Bonchev–Trinajstić information content (AvgIpc) is 2.86. The molecular formula is C13H13N3O2. The van der Waals surface area contributed by atoms with Crippen LogP contribution < -0.4 is 4.74 Å². The molecule has 18 heavy (non-hydrogen) atoms. The van der Waals surface area contributed by atoms with Gasteiger partial charge < -0.3 is 14.4 Å². The molecule has 0 saturated carbocycles. The van der Waals surface area contributed by atoms with Crippen LogP contribution in [0.5, 0.6) is 5.75 Å². The van der Waals surface area contributed by atoms with E-state index in [2.05, 4.69) is 4.98 Å². The maximum absolute atomic E-state index is 10.1. The normalized spacial score (nSPS) is 11.8. The van der Waals surface area contributed by atoms with Gasteiger partial charge in [0.05, 0.1) is 19.8 Å². The molecule has 0 saturated heterocycles. The van der Waals surface area contributed by atoms with Crippen LogP contribution in [0.1, 0.15) is 17.5 Å². The van der Waals surface area contributed by atoms with Crippen molar-refractivity contribution in [3.63, 3.8) is 0 Å². The summed E-state index contributed by atoms with van der Waals surface area (Å²) >= 11 is 0. The van der Waals surface area contributed by atoms with Gasteiger partial charge in [-0.1, -0.05) is 12.1 Å². The van der Waals surface area contributed by atoms with Crippen molar-refractivity contribution in [3.8, 4) is 11.8 Å². The molecule has 0 fully saturated rings. The van der Waals surface area contributed by atoms with Gasteiger partial charge in [0.15, 0.2) is 0 Å². The Bertz CT molecular complexity index is 572. The number of hydrogen-bond donors (Lipinski definition) is 1. The highest BCUT2D eigenvalue weighted by atomic mass is 16.5. The lowest BCUT2D eigenvalue weighted by molar-refractivity contribution is 0.156. The van der Waals surface area contributed by atoms with Crippen LogP contribution >= 0.6 is 0 Å². The van der Waals surface area contributed by atoms with E-state index in [1.807, 2.05) is 24.3 Å². The van der Waals surface area contributed by atoms with Gasteiger partial charge in [0, 0.05) is 12.4 Å². The quantitative estimate of drug-likeness (QED) is 0.883. The number of imidazole rings is 1. The molecule has 1 unspecified atom stereocenters. The Hall–Kier alpha value is -2.32. The van der Waals surface area contributed by atoms with Gasteiger partial charge in [0.25, 0.3) is 0 Å². The number of nitrogens with zero attached hydrogens (tertiary/aromatic N) is 3. The lowest BCUT2D eigenvalue weighted by atomic mass is 10.1. The molecule has 92 valence electrons. The number of methoxy groups -OCH3 is 1. The molecular weight excluding hydrogens is 230 g/mol. The van der Waals surface area contributed by atoms with Crippen molar-refractivity contribution in [2.24, 2.45) is 0 Å². The van der Waals surface area contributed by atoms with Gasteiger partial charge in [-0.15, -0.1) is 0 Å². The van der Waals surface area contributed by atoms with E-state index in [0.717, 1.165) is 5.56 Å². The molecule has 0 radical (unpaired) electrons. The predicted octanol–water partition coefficient (Wildman–Crippen LogP) is 1.50. The molecule has 0 spiro atoms. The largest absolute Gasteiger partial charge is 0.497 e. The van der Waals surface area contributed by atoms with Gasteiger partial charge in [0.2, 0.25) is 5.82 Å². The number of rotatable bonds is 4. The van der Waals surface area contributed by atoms with Crippen LogP contribution in [-0.2, 0) is 6.54 Å². The number of aliphatic hydroxyl groups excluding tert-OH is 1. The third-order valence-electron chi connectivity index (χ3n) is 2.66. The summed E-state index contributed by atoms with van der Waals surface area (Å²) in [6.07, 6.45) is 2.50. The molecule has 0 aliphatic heterocycles. The molecule has 2 aromatic rings. The van der Waals surface area contributed by atoms with E-state index in [1.165, 1.54) is 6.20 Å². The average molecular weight is 243 g/mol. The van der Waals surface area contributed by atoms with Crippen LogP contribution in [0.3, 0.4) is 0 Å². The van der Waals surface area contributed by atoms with E-state index in [4.69, 9.17) is 10.00 Å². The van der Waals surface area contributed by atoms with Crippen LogP contribution in [0.15, 0.2) is 36.7 Å². The summed E-state index contributed by atoms with van der Waals surface area (Å²) in [6.45, 7) is 0.288. The van der Waals surface area contributed by atoms with E-state index < -0.39 is 6.10 Å². The van der Waals surface area contributed by atoms with E-state index in [-0.39, 0.29) is 12.4 Å². The third kappa shape index (κ3) is 2.50. The summed E-state index contributed by atoms with van der Waals surface area (Å²) in [4.78, 5) is 3.88. The topological polar surface area (TPSA) is 71.1 Å². The Labute approximate surface area is 105 Å². The lowest BCUT2D eigenvalue weighted by Gasteiger charge is -2.13. The fraction of sp³-hybridized carbons (Fsp3) is 0.231. The summed E-state index contributed by atoms with van der Waals surface area (Å²) in [5.41, 5.74) is 0.743. The summed E-state index contributed by atoms with van der Waals surface area (Å²) in [6, 6.07) is 9.19. The molecule has 1 aromatic carbocycles. The Morgan fingerprint density at radius 1 is 1.56 bits per heavy atom. The molecule has 5 heteroatoms. The Morgan fingerprint density at radius 3 is 3.11 bits per heavy atom. The molecule has 0 aliphatic carbocycles. The second kappa shape index (κ2) is 5.34. The highest BCUT2D eigenvalue weighted by molar-refractivity contribution is 5.29. The smallest absolute Gasteiger partial charge is 0.212 e. The zero-order valence-electron chi connectivity index (χ0n) is 9.95. The minimum absolute atomic E-state index is 0.288. The van der Waals surface area contributed by atoms with Gasteiger partial charge in [-0.2, -0.15) is 5.26 Å². The standard InChI is InChI=1S/C13H13N3O2/c1-18-11-4-2-3-10(7-11)12(17)9-16-6-5-15-13(16)8-14/h2-7,12,17H,9H2,1H3. The third-order valence-corrected chi connectivity index (χ3v) is 2.66. The minimum atomic E-state index is -0.707. The van der Waals surface area contributed by atoms with Gasteiger partial charge in [-0.25, -0.2) is 4.98 Å². The molecule has 2 rings (SSSR count). The summed E-state index contributed by atoms with van der Waals surface area (Å²) in [5.74, 6) is 0.981. The first-order valence-corrected chi connectivity index (χ1v) is 5.48. The second-order valence-corrected chi connectivity index (χ2v) is 3.81. The van der Waals surface area contributed by atoms with Gasteiger partial charge >= 0.3 is 0 Å². The first-order valence-electron chi connectivity index (χ1n) is 5.48. The maximum Gasteiger partial charge on any atom is 0.212 e. The minimum Gasteiger partial charge on any atom is -0.497 e. The molecule has 1 N–H and O–H groups in total. The van der Waals surface area contributed by atoms with Gasteiger partial charge in [-0.05, 0) is 17.7 Å². The molecule has 1 heterocycles. The SMILES string of the molecule is COc1cccc(C(O)Cn2ccnc2C#N)c1. The lowest BCUT2D eigenvalue weighted by Crippen LogP contribution is -2.09. The van der Waals surface area contributed by atoms with E-state index in [1.54, 1.807) is 23.9 Å². The zero-order chi connectivity index (χ0) is 13.0. The summed E-state index contributed by atoms with van der Waals surface area (Å²) in [5, 5.41) is 19.0. The van der Waals surface area contributed by atoms with Crippen LogP contribution in [0.25, 0.3) is 0 Å². The number of hydrogen-bond acceptors (Lipinski definition) is 4. The molecule has 1 aromatic heterocycles. The van der Waals surface area contributed by atoms with Gasteiger partial charge in [-0.3, -0.25) is 0 Å². The number of nitriles is 1. The van der Waals surface area contributed by atoms with E-state index in [0.29, 0.717) is 5.75 Å². The fourth-order valence-corrected chi connectivity index (χ4v) is 1.71. The van der Waals surface area contributed by atoms with Crippen molar-refractivity contribution < 1.29 is 9.84 Å². The second-order valence-electron chi connectivity index (χ2n) is 3.81. The fourth-order valence-electron chi connectivity index (χ4n) is 1.71. The maximum atomic E-state index is 10.1. The van der Waals surface area contributed by atoms with Crippen LogP contribution in [0.2, 0.25) is 0 Å². The van der Waals surface area contributed by atoms with Crippen LogP contribution in [-0.4, -0.2) is 21.8 Å². The number of aromatic nitrogens is 2. The summed E-state index contributed by atoms with van der Waals surface area (Å²) < 4.78 is 6.72. The predicted molar refractivity (Wildman–Crippen MR) is 64.9 cm³/mol. The molecule has 5 nitrogen and oxygen atoms in total. The van der Waals surface area contributed by atoms with Crippen molar-refractivity contribution in [1.29, 1.82) is 5.26 Å². The first-order chi connectivity index (χ1) is 8.74. The highest BCUT2D eigenvalue weighted by Crippen LogP contribution is 2.20. The van der Waals surface area contributed by atoms with E-state index in [9.17, 15) is 5.11 Å². The Kier molecular flexibility index (Phi) is 3.60. The van der Waals surface area contributed by atoms with Crippen molar-refractivity contribution >= 4 is 0 Å². The van der Waals surface area contributed by atoms with Crippen molar-refractivity contribution in [1.82, 2.24) is 9.55 Å². The molecule has 0 bridgehead atoms. The molecule has 1 atom stereocenters. The highest BCUT2D eigenvalue weighted by Gasteiger charge is 2.11. The monoisotopic (exact) mass is 243 g/mol. The van der Waals surface area contributed by atoms with Crippen LogP contribution in [0, 0.1) is 11.3 Å². The molecule has 0 aliphatic rings. The number of aliphatic hydroxyl groups is 1. The number of benzene rings is 1. The van der Waals surface area contributed by atoms with Crippen molar-refractivity contribution in [2.45, 2.75) is 12.6 Å². The number of ether oxygens (including phenoxy) is 1. The Balaban J connectivity index is 2.17. The van der Waals surface area contributed by atoms with E-state index >= 15 is 0 Å². The summed E-state index contributed by atoms with van der Waals surface area (Å²) in [7, 11) is 1.58. The van der Waals surface area contributed by atoms with Gasteiger partial charge in [0.1, 0.15) is 11.8 Å². The van der Waals surface area contributed by atoms with Crippen molar-refractivity contribution in [2.75, 3.05) is 7.11 Å². The van der Waals surface area contributed by atoms with Crippen LogP contribution in [0.4, 0.5) is 0 Å². The molecule has 0 amide bonds. The van der Waals surface area contributed by atoms with Crippen molar-refractivity contribution in [3.05, 3.63) is 48.0 Å². The zero-order valence-corrected chi connectivity index (χ0v) is 9.95. The Morgan fingerprint density at radius 2 is 2.39 bits per heavy atom.